The number of amides is 5. The molecule has 2 aromatic rings. The Hall–Kier alpha value is -5.81. The summed E-state index contributed by atoms with van der Waals surface area (Å²) < 4.78 is 5.22. The Kier molecular flexibility index (Phi) is 14.2. The highest BCUT2D eigenvalue weighted by atomic mass is 16.4. The molecule has 1 heterocycles. The number of fused-ring (bicyclic) bond motifs is 1. The van der Waals surface area contributed by atoms with Gasteiger partial charge in [-0.2, -0.15) is 0 Å². The lowest BCUT2D eigenvalue weighted by molar-refractivity contribution is -0.142. The summed E-state index contributed by atoms with van der Waals surface area (Å²) in [4.78, 5) is 110. The Labute approximate surface area is 272 Å². The van der Waals surface area contributed by atoms with Crippen molar-refractivity contribution in [3.05, 3.63) is 46.3 Å². The first-order valence-corrected chi connectivity index (χ1v) is 14.6. The Bertz CT molecular complexity index is 1600. The first-order valence-electron chi connectivity index (χ1n) is 14.6. The molecule has 0 saturated carbocycles. The third-order valence-electron chi connectivity index (χ3n) is 6.78. The van der Waals surface area contributed by atoms with E-state index in [9.17, 15) is 48.3 Å². The zero-order valence-electron chi connectivity index (χ0n) is 26.2. The van der Waals surface area contributed by atoms with Crippen LogP contribution in [-0.2, 0) is 44.9 Å². The van der Waals surface area contributed by atoms with Crippen LogP contribution in [-0.4, -0.2) is 86.9 Å². The quantitative estimate of drug-likeness (QED) is 0.0866. The fourth-order valence-electron chi connectivity index (χ4n) is 4.41. The third-order valence-corrected chi connectivity index (χ3v) is 6.78. The van der Waals surface area contributed by atoms with Gasteiger partial charge in [0.15, 0.2) is 0 Å². The number of carbonyl (C=O) groups is 8. The van der Waals surface area contributed by atoms with E-state index in [0.29, 0.717) is 11.0 Å². The van der Waals surface area contributed by atoms with Gasteiger partial charge in [0.1, 0.15) is 29.8 Å². The Balaban J connectivity index is 2.22. The standard InChI is InChI=1S/C30H37N5O13/c1-14(2)25(35-27(44)18(8-9-22(37)38)33-28(45)20(12-24(41)42)32-15(3)36)29(46)34-19(11-23(39)40)26(43)31-13-17-10-16-6-4-5-7-21(16)48-30(17)47/h4-7,10,14,18-20,25H,8-9,11-13H2,1-3H3,(H,31,43)(H,32,36)(H,33,45)(H,34,46)(H,35,44)(H,37,38)(H,39,40)(H,41,42)/t18-,19-,20-,25-/m0/s1. The molecule has 1 aromatic heterocycles. The normalized spacial score (nSPS) is 13.3. The van der Waals surface area contributed by atoms with Gasteiger partial charge in [-0.05, 0) is 24.5 Å². The SMILES string of the molecule is CC(=O)N[C@@H](CC(=O)O)C(=O)N[C@@H](CCC(=O)O)C(=O)N[C@H](C(=O)N[C@@H](CC(=O)O)C(=O)NCc1cc2ccccc2oc1=O)C(C)C. The molecule has 18 nitrogen and oxygen atoms in total. The predicted molar refractivity (Wildman–Crippen MR) is 164 cm³/mol. The van der Waals surface area contributed by atoms with E-state index in [1.165, 1.54) is 19.9 Å². The average molecular weight is 676 g/mol. The molecule has 0 saturated heterocycles. The lowest BCUT2D eigenvalue weighted by atomic mass is 10.0. The summed E-state index contributed by atoms with van der Waals surface area (Å²) in [5.41, 5.74) is -0.382. The summed E-state index contributed by atoms with van der Waals surface area (Å²) in [6.07, 6.45) is -2.86. The van der Waals surface area contributed by atoms with Crippen LogP contribution in [0, 0.1) is 5.92 Å². The summed E-state index contributed by atoms with van der Waals surface area (Å²) in [7, 11) is 0. The van der Waals surface area contributed by atoms with Gasteiger partial charge in [-0.1, -0.05) is 32.0 Å². The van der Waals surface area contributed by atoms with E-state index in [0.717, 1.165) is 6.92 Å². The molecule has 5 amide bonds. The molecule has 8 N–H and O–H groups in total. The zero-order chi connectivity index (χ0) is 36.1. The van der Waals surface area contributed by atoms with Crippen LogP contribution in [0.25, 0.3) is 11.0 Å². The van der Waals surface area contributed by atoms with Gasteiger partial charge in [-0.25, -0.2) is 4.79 Å². The molecular formula is C30H37N5O13. The predicted octanol–water partition coefficient (Wildman–Crippen LogP) is -1.16. The molecule has 0 aliphatic carbocycles. The number of rotatable bonds is 18. The molecule has 0 bridgehead atoms. The molecule has 48 heavy (non-hydrogen) atoms. The maximum Gasteiger partial charge on any atom is 0.341 e. The smallest absolute Gasteiger partial charge is 0.341 e. The number of para-hydroxylation sites is 1. The van der Waals surface area contributed by atoms with Crippen LogP contribution in [0.4, 0.5) is 0 Å². The van der Waals surface area contributed by atoms with Crippen molar-refractivity contribution in [2.24, 2.45) is 5.92 Å². The fraction of sp³-hybridized carbons (Fsp3) is 0.433. The number of carboxylic acid groups (broad SMARTS) is 3. The van der Waals surface area contributed by atoms with Crippen LogP contribution in [0.1, 0.15) is 52.0 Å². The van der Waals surface area contributed by atoms with Crippen molar-refractivity contribution in [1.82, 2.24) is 26.6 Å². The van der Waals surface area contributed by atoms with E-state index >= 15 is 0 Å². The van der Waals surface area contributed by atoms with Crippen LogP contribution in [0.15, 0.2) is 39.5 Å². The van der Waals surface area contributed by atoms with Gasteiger partial charge in [0.25, 0.3) is 0 Å². The summed E-state index contributed by atoms with van der Waals surface area (Å²) in [6.45, 7) is 3.66. The van der Waals surface area contributed by atoms with Crippen molar-refractivity contribution in [3.63, 3.8) is 0 Å². The molecule has 2 rings (SSSR count). The van der Waals surface area contributed by atoms with Gasteiger partial charge in [-0.15, -0.1) is 0 Å². The van der Waals surface area contributed by atoms with E-state index in [-0.39, 0.29) is 12.1 Å². The number of carbonyl (C=O) groups excluding carboxylic acids is 5. The van der Waals surface area contributed by atoms with E-state index in [4.69, 9.17) is 14.6 Å². The number of carboxylic acids is 3. The maximum absolute atomic E-state index is 13.3. The molecule has 0 aliphatic heterocycles. The van der Waals surface area contributed by atoms with Crippen molar-refractivity contribution in [2.45, 2.75) is 77.2 Å². The molecule has 0 spiro atoms. The molecule has 1 aromatic carbocycles. The van der Waals surface area contributed by atoms with Gasteiger partial charge in [0.2, 0.25) is 29.5 Å². The molecule has 4 atom stereocenters. The summed E-state index contributed by atoms with van der Waals surface area (Å²) in [6, 6.07) is 1.77. The minimum Gasteiger partial charge on any atom is -0.481 e. The third kappa shape index (κ3) is 12.2. The van der Waals surface area contributed by atoms with Crippen LogP contribution in [0.5, 0.6) is 0 Å². The fourth-order valence-corrected chi connectivity index (χ4v) is 4.41. The average Bonchev–Trinajstić information content (AvgIpc) is 2.98. The minimum absolute atomic E-state index is 0.0494. The molecule has 0 fully saturated rings. The van der Waals surface area contributed by atoms with Crippen molar-refractivity contribution in [3.8, 4) is 0 Å². The van der Waals surface area contributed by atoms with Gasteiger partial charge in [-0.3, -0.25) is 38.4 Å². The highest BCUT2D eigenvalue weighted by molar-refractivity contribution is 5.97. The highest BCUT2D eigenvalue weighted by Gasteiger charge is 2.34. The summed E-state index contributed by atoms with van der Waals surface area (Å²) >= 11 is 0. The zero-order valence-corrected chi connectivity index (χ0v) is 26.2. The number of hydrogen-bond donors (Lipinski definition) is 8. The largest absolute Gasteiger partial charge is 0.481 e. The van der Waals surface area contributed by atoms with E-state index in [1.807, 2.05) is 0 Å². The van der Waals surface area contributed by atoms with E-state index < -0.39 is 109 Å². The first-order chi connectivity index (χ1) is 22.5. The number of nitrogens with one attached hydrogen (secondary N) is 5. The van der Waals surface area contributed by atoms with Crippen molar-refractivity contribution in [1.29, 1.82) is 0 Å². The summed E-state index contributed by atoms with van der Waals surface area (Å²) in [5.74, 6) is -9.84. The second-order valence-corrected chi connectivity index (χ2v) is 11.0. The first kappa shape index (κ1) is 38.4. The molecular weight excluding hydrogens is 638 g/mol. The monoisotopic (exact) mass is 675 g/mol. The van der Waals surface area contributed by atoms with Gasteiger partial charge in [0, 0.05) is 18.7 Å². The van der Waals surface area contributed by atoms with Gasteiger partial charge in [0.05, 0.1) is 24.9 Å². The van der Waals surface area contributed by atoms with Gasteiger partial charge >= 0.3 is 23.5 Å². The Morgan fingerprint density at radius 2 is 1.29 bits per heavy atom. The number of benzene rings is 1. The van der Waals surface area contributed by atoms with Crippen molar-refractivity contribution < 1.29 is 58.1 Å². The molecule has 260 valence electrons. The highest BCUT2D eigenvalue weighted by Crippen LogP contribution is 2.13. The van der Waals surface area contributed by atoms with Crippen LogP contribution in [0.3, 0.4) is 0 Å². The number of hydrogen-bond acceptors (Lipinski definition) is 10. The van der Waals surface area contributed by atoms with Crippen molar-refractivity contribution in [2.75, 3.05) is 0 Å². The minimum atomic E-state index is -1.67. The second-order valence-electron chi connectivity index (χ2n) is 11.0. The van der Waals surface area contributed by atoms with Crippen LogP contribution in [0.2, 0.25) is 0 Å². The molecule has 0 unspecified atom stereocenters. The molecule has 0 aliphatic rings. The topological polar surface area (TPSA) is 288 Å². The van der Waals surface area contributed by atoms with Crippen LogP contribution < -0.4 is 32.2 Å². The Morgan fingerprint density at radius 3 is 1.85 bits per heavy atom. The van der Waals surface area contributed by atoms with Crippen LogP contribution >= 0.6 is 0 Å². The molecule has 0 radical (unpaired) electrons. The second kappa shape index (κ2) is 17.8. The van der Waals surface area contributed by atoms with E-state index in [2.05, 4.69) is 26.6 Å². The lowest BCUT2D eigenvalue weighted by Crippen LogP contribution is -2.59. The lowest BCUT2D eigenvalue weighted by Gasteiger charge is -2.27. The van der Waals surface area contributed by atoms with Crippen molar-refractivity contribution >= 4 is 58.4 Å². The Morgan fingerprint density at radius 1 is 0.729 bits per heavy atom. The van der Waals surface area contributed by atoms with E-state index in [1.54, 1.807) is 24.3 Å². The molecule has 18 heteroatoms. The van der Waals surface area contributed by atoms with Gasteiger partial charge < -0.3 is 46.3 Å². The maximum atomic E-state index is 13.3. The summed E-state index contributed by atoms with van der Waals surface area (Å²) in [5, 5.41) is 39.5. The number of aliphatic carboxylic acids is 3.